The summed E-state index contributed by atoms with van der Waals surface area (Å²) < 4.78 is 0. The molecule has 0 saturated heterocycles. The monoisotopic (exact) mass is 159 g/mol. The molecule has 4 heteroatoms. The van der Waals surface area contributed by atoms with Crippen LogP contribution in [0.4, 0.5) is 0 Å². The van der Waals surface area contributed by atoms with Gasteiger partial charge in [-0.25, -0.2) is 10.1 Å². The lowest BCUT2D eigenvalue weighted by molar-refractivity contribution is -0.0438. The van der Waals surface area contributed by atoms with Gasteiger partial charge in [-0.15, -0.1) is 0 Å². The van der Waals surface area contributed by atoms with Crippen molar-refractivity contribution in [1.29, 1.82) is 0 Å². The highest BCUT2D eigenvalue weighted by Gasteiger charge is 2.07. The Bertz CT molecular complexity index is 143. The fraction of sp³-hybridized carbons (Fsp3) is 0.857. The molecule has 0 aliphatic carbocycles. The van der Waals surface area contributed by atoms with Crippen LogP contribution in [-0.4, -0.2) is 28.3 Å². The minimum Gasteiger partial charge on any atom is -0.368 e. The molecule has 11 heavy (non-hydrogen) atoms. The third-order valence-electron chi connectivity index (χ3n) is 1.11. The molecule has 0 aliphatic rings. The highest BCUT2D eigenvalue weighted by molar-refractivity contribution is 5.77. The first-order valence-corrected chi connectivity index (χ1v) is 3.76. The van der Waals surface area contributed by atoms with Crippen molar-refractivity contribution < 1.29 is 5.21 Å². The summed E-state index contributed by atoms with van der Waals surface area (Å²) in [7, 11) is 0. The van der Waals surface area contributed by atoms with Crippen molar-refractivity contribution in [3.05, 3.63) is 0 Å². The van der Waals surface area contributed by atoms with Crippen LogP contribution in [0.1, 0.15) is 27.7 Å². The van der Waals surface area contributed by atoms with E-state index in [-0.39, 0.29) is 18.0 Å². The van der Waals surface area contributed by atoms with E-state index in [4.69, 9.17) is 5.73 Å². The summed E-state index contributed by atoms with van der Waals surface area (Å²) in [6, 6.07) is 0.0842. The number of hydroxylamine groups is 2. The molecule has 4 nitrogen and oxygen atoms in total. The number of hydrogen-bond donors (Lipinski definition) is 2. The van der Waals surface area contributed by atoms with Crippen molar-refractivity contribution in [3.63, 3.8) is 0 Å². The van der Waals surface area contributed by atoms with Gasteiger partial charge in [0.05, 0.1) is 6.04 Å². The number of rotatable bonds is 2. The zero-order valence-corrected chi connectivity index (χ0v) is 7.57. The third-order valence-corrected chi connectivity index (χ3v) is 1.11. The van der Waals surface area contributed by atoms with Gasteiger partial charge in [0.2, 0.25) is 5.96 Å². The lowest BCUT2D eigenvalue weighted by Gasteiger charge is -2.19. The van der Waals surface area contributed by atoms with Crippen LogP contribution in [0.15, 0.2) is 4.99 Å². The van der Waals surface area contributed by atoms with Crippen LogP contribution in [0, 0.1) is 0 Å². The van der Waals surface area contributed by atoms with Gasteiger partial charge in [-0.1, -0.05) is 0 Å². The topological polar surface area (TPSA) is 61.8 Å². The molecule has 66 valence electrons. The van der Waals surface area contributed by atoms with E-state index in [0.29, 0.717) is 0 Å². The summed E-state index contributed by atoms with van der Waals surface area (Å²) in [5, 5.41) is 10.2. The number of nitrogens with two attached hydrogens (primary N) is 1. The minimum absolute atomic E-state index is 0.0301. The molecule has 0 saturated carbocycles. The molecule has 0 aliphatic heterocycles. The Hall–Kier alpha value is -0.770. The summed E-state index contributed by atoms with van der Waals surface area (Å²) >= 11 is 0. The molecule has 0 fully saturated rings. The first-order valence-electron chi connectivity index (χ1n) is 3.76. The maximum Gasteiger partial charge on any atom is 0.216 e. The first-order chi connectivity index (χ1) is 4.95. The van der Waals surface area contributed by atoms with Gasteiger partial charge in [0, 0.05) is 6.04 Å². The van der Waals surface area contributed by atoms with Crippen LogP contribution in [0.25, 0.3) is 0 Å². The van der Waals surface area contributed by atoms with E-state index in [1.54, 1.807) is 0 Å². The molecule has 0 atom stereocenters. The Morgan fingerprint density at radius 2 is 1.82 bits per heavy atom. The van der Waals surface area contributed by atoms with Crippen LogP contribution >= 0.6 is 0 Å². The fourth-order valence-electron chi connectivity index (χ4n) is 0.588. The highest BCUT2D eigenvalue weighted by atomic mass is 16.5. The molecule has 0 aromatic heterocycles. The molecule has 0 bridgehead atoms. The van der Waals surface area contributed by atoms with Crippen LogP contribution in [0.3, 0.4) is 0 Å². The molecule has 3 N–H and O–H groups in total. The normalized spacial score (nSPS) is 12.8. The maximum atomic E-state index is 9.22. The molecular weight excluding hydrogens is 142 g/mol. The lowest BCUT2D eigenvalue weighted by atomic mass is 10.4. The van der Waals surface area contributed by atoms with E-state index in [9.17, 15) is 5.21 Å². The van der Waals surface area contributed by atoms with Crippen molar-refractivity contribution in [1.82, 2.24) is 5.06 Å². The van der Waals surface area contributed by atoms with E-state index in [0.717, 1.165) is 5.06 Å². The number of hydrogen-bond acceptors (Lipinski definition) is 2. The second kappa shape index (κ2) is 4.18. The lowest BCUT2D eigenvalue weighted by Crippen LogP contribution is -2.39. The molecule has 0 unspecified atom stereocenters. The van der Waals surface area contributed by atoms with Crippen LogP contribution in [0.5, 0.6) is 0 Å². The van der Waals surface area contributed by atoms with Gasteiger partial charge in [-0.05, 0) is 27.7 Å². The largest absolute Gasteiger partial charge is 0.368 e. The van der Waals surface area contributed by atoms with Gasteiger partial charge in [0.1, 0.15) is 0 Å². The summed E-state index contributed by atoms with van der Waals surface area (Å²) in [5.74, 6) is 0.176. The molecule has 0 spiro atoms. The smallest absolute Gasteiger partial charge is 0.216 e. The molecule has 0 radical (unpaired) electrons. The highest BCUT2D eigenvalue weighted by Crippen LogP contribution is 1.94. The fourth-order valence-corrected chi connectivity index (χ4v) is 0.588. The van der Waals surface area contributed by atoms with Gasteiger partial charge in [0.25, 0.3) is 0 Å². The molecule has 0 aromatic rings. The number of aliphatic imine (C=N–C) groups is 1. The van der Waals surface area contributed by atoms with Gasteiger partial charge in [-0.2, -0.15) is 0 Å². The Morgan fingerprint density at radius 3 is 2.09 bits per heavy atom. The Labute approximate surface area is 67.7 Å². The van der Waals surface area contributed by atoms with E-state index in [1.807, 2.05) is 27.7 Å². The summed E-state index contributed by atoms with van der Waals surface area (Å²) in [6.45, 7) is 7.48. The average molecular weight is 159 g/mol. The molecule has 0 amide bonds. The molecule has 0 rings (SSSR count). The maximum absolute atomic E-state index is 9.22. The predicted octanol–water partition coefficient (Wildman–Crippen LogP) is 0.809. The van der Waals surface area contributed by atoms with Gasteiger partial charge >= 0.3 is 0 Å². The second-order valence-electron chi connectivity index (χ2n) is 3.02. The van der Waals surface area contributed by atoms with Crippen LogP contribution in [-0.2, 0) is 0 Å². The quantitative estimate of drug-likeness (QED) is 0.356. The first kappa shape index (κ1) is 10.2. The average Bonchev–Trinajstić information content (AvgIpc) is 1.84. The van der Waals surface area contributed by atoms with Crippen molar-refractivity contribution >= 4 is 5.96 Å². The van der Waals surface area contributed by atoms with Crippen LogP contribution in [0.2, 0.25) is 0 Å². The zero-order chi connectivity index (χ0) is 9.02. The van der Waals surface area contributed by atoms with E-state index in [2.05, 4.69) is 4.99 Å². The van der Waals surface area contributed by atoms with Crippen molar-refractivity contribution in [2.75, 3.05) is 0 Å². The molecule has 0 aromatic carbocycles. The zero-order valence-electron chi connectivity index (χ0n) is 7.57. The molecular formula is C7H17N3O. The van der Waals surface area contributed by atoms with Crippen LogP contribution < -0.4 is 5.73 Å². The third kappa shape index (κ3) is 3.83. The van der Waals surface area contributed by atoms with Crippen molar-refractivity contribution in [3.8, 4) is 0 Å². The van der Waals surface area contributed by atoms with Crippen molar-refractivity contribution in [2.45, 2.75) is 39.8 Å². The standard InChI is InChI=1S/C7H17N3O/c1-5(2)9-7(8)10(11)6(3)4/h5-6,11H,1-4H3,(H2,8,9). The second-order valence-corrected chi connectivity index (χ2v) is 3.02. The summed E-state index contributed by atoms with van der Waals surface area (Å²) in [4.78, 5) is 3.97. The Kier molecular flexibility index (Phi) is 3.89. The number of nitrogens with zero attached hydrogens (tertiary/aromatic N) is 2. The minimum atomic E-state index is -0.0301. The number of guanidine groups is 1. The van der Waals surface area contributed by atoms with E-state index in [1.165, 1.54) is 0 Å². The van der Waals surface area contributed by atoms with Gasteiger partial charge in [0.15, 0.2) is 0 Å². The Balaban J connectivity index is 4.11. The SMILES string of the molecule is CC(C)/N=C(\N)N(O)C(C)C. The van der Waals surface area contributed by atoms with Gasteiger partial charge in [-0.3, -0.25) is 5.21 Å². The summed E-state index contributed by atoms with van der Waals surface area (Å²) in [5.41, 5.74) is 5.44. The predicted molar refractivity (Wildman–Crippen MR) is 45.5 cm³/mol. The van der Waals surface area contributed by atoms with Gasteiger partial charge < -0.3 is 5.73 Å². The molecule has 0 heterocycles. The summed E-state index contributed by atoms with van der Waals surface area (Å²) in [6.07, 6.45) is 0. The Morgan fingerprint density at radius 1 is 1.36 bits per heavy atom. The van der Waals surface area contributed by atoms with E-state index >= 15 is 0 Å². The van der Waals surface area contributed by atoms with Crippen molar-refractivity contribution in [2.24, 2.45) is 10.7 Å². The van der Waals surface area contributed by atoms with E-state index < -0.39 is 0 Å².